The molecule has 232 valence electrons. The average Bonchev–Trinajstić information content (AvgIpc) is 2.95. The van der Waals surface area contributed by atoms with E-state index >= 15 is 0 Å². The lowest BCUT2D eigenvalue weighted by Crippen LogP contribution is -2.39. The van der Waals surface area contributed by atoms with Crippen LogP contribution in [-0.4, -0.2) is 68.9 Å². The topological polar surface area (TPSA) is 91.4 Å². The van der Waals surface area contributed by atoms with E-state index in [0.717, 1.165) is 25.7 Å². The van der Waals surface area contributed by atoms with E-state index in [2.05, 4.69) is 13.8 Å². The average molecular weight is 568 g/mol. The van der Waals surface area contributed by atoms with E-state index in [9.17, 15) is 14.4 Å². The molecule has 8 nitrogen and oxygen atoms in total. The van der Waals surface area contributed by atoms with Crippen molar-refractivity contribution < 1.29 is 33.3 Å². The number of ether oxygens (including phenoxy) is 4. The Morgan fingerprint density at radius 2 is 1.57 bits per heavy atom. The van der Waals surface area contributed by atoms with Gasteiger partial charge in [-0.15, -0.1) is 0 Å². The minimum atomic E-state index is -0.341. The Balaban J connectivity index is 3.01. The highest BCUT2D eigenvalue weighted by molar-refractivity contribution is 5.71. The smallest absolute Gasteiger partial charge is 0.308 e. The van der Waals surface area contributed by atoms with Crippen LogP contribution in [0.15, 0.2) is 12.3 Å². The van der Waals surface area contributed by atoms with E-state index in [1.54, 1.807) is 27.5 Å². The molecule has 1 aliphatic carbocycles. The molecule has 0 unspecified atom stereocenters. The van der Waals surface area contributed by atoms with Gasteiger partial charge in [0, 0.05) is 52.1 Å². The fraction of sp³-hybridized carbons (Fsp3) is 0.844. The van der Waals surface area contributed by atoms with Gasteiger partial charge in [0.1, 0.15) is 12.2 Å². The van der Waals surface area contributed by atoms with E-state index in [0.29, 0.717) is 25.2 Å². The van der Waals surface area contributed by atoms with Gasteiger partial charge < -0.3 is 23.8 Å². The van der Waals surface area contributed by atoms with Crippen molar-refractivity contribution in [2.75, 3.05) is 21.3 Å². The number of hydrogen-bond acceptors (Lipinski definition) is 7. The molecule has 1 amide bonds. The molecule has 0 radical (unpaired) electrons. The minimum Gasteiger partial charge on any atom is -0.462 e. The van der Waals surface area contributed by atoms with Gasteiger partial charge in [0.15, 0.2) is 0 Å². The number of rotatable bonds is 19. The molecule has 0 saturated heterocycles. The number of amides is 1. The molecule has 0 N–H and O–H groups in total. The van der Waals surface area contributed by atoms with Crippen LogP contribution in [0.2, 0.25) is 0 Å². The van der Waals surface area contributed by atoms with Gasteiger partial charge in [-0.25, -0.2) is 0 Å². The van der Waals surface area contributed by atoms with Crippen molar-refractivity contribution in [1.82, 2.24) is 4.90 Å². The number of carbonyl (C=O) groups is 3. The van der Waals surface area contributed by atoms with Crippen molar-refractivity contribution in [2.24, 2.45) is 29.6 Å². The summed E-state index contributed by atoms with van der Waals surface area (Å²) in [7, 11) is 5.08. The molecule has 7 atom stereocenters. The highest BCUT2D eigenvalue weighted by atomic mass is 16.6. The highest BCUT2D eigenvalue weighted by Gasteiger charge is 2.35. The van der Waals surface area contributed by atoms with Gasteiger partial charge in [-0.05, 0) is 37.5 Å². The lowest BCUT2D eigenvalue weighted by molar-refractivity contribution is -0.159. The van der Waals surface area contributed by atoms with E-state index in [1.807, 2.05) is 33.8 Å². The van der Waals surface area contributed by atoms with Gasteiger partial charge in [0.2, 0.25) is 6.41 Å². The van der Waals surface area contributed by atoms with Gasteiger partial charge in [-0.2, -0.15) is 0 Å². The number of carbonyl (C=O) groups excluding carboxylic acids is 3. The van der Waals surface area contributed by atoms with E-state index < -0.39 is 0 Å². The zero-order valence-electron chi connectivity index (χ0n) is 26.6. The van der Waals surface area contributed by atoms with Crippen LogP contribution in [0, 0.1) is 29.6 Å². The Bertz CT molecular complexity index is 764. The van der Waals surface area contributed by atoms with Crippen molar-refractivity contribution >= 4 is 18.3 Å². The highest BCUT2D eigenvalue weighted by Crippen LogP contribution is 2.33. The number of esters is 2. The summed E-state index contributed by atoms with van der Waals surface area (Å²) in [6.45, 7) is 11.8. The van der Waals surface area contributed by atoms with Gasteiger partial charge >= 0.3 is 11.9 Å². The first kappa shape index (κ1) is 36.1. The van der Waals surface area contributed by atoms with E-state index in [-0.39, 0.29) is 60.0 Å². The minimum absolute atomic E-state index is 0.00342. The van der Waals surface area contributed by atoms with Crippen LogP contribution >= 0.6 is 0 Å². The Labute approximate surface area is 243 Å². The maximum Gasteiger partial charge on any atom is 0.308 e. The Hall–Kier alpha value is -1.93. The molecule has 40 heavy (non-hydrogen) atoms. The standard InChI is InChI=1S/C32H57NO7/c1-10-30(35)39-29(26-14-12-11-13-15-26)20-28(37-8)23(4)16-17-27(40-32(36)22(2)3)25(6)31(38-9)24(5)18-19-33(7)21-34/h18-19,21-29,31H,10-17,20H2,1-9H3/b19-18+/t23-,24+,25-,27+,28-,29-,31+/m0/s1. The molecule has 0 bridgehead atoms. The van der Waals surface area contributed by atoms with Crippen LogP contribution in [0.25, 0.3) is 0 Å². The summed E-state index contributed by atoms with van der Waals surface area (Å²) in [6.07, 6.45) is 11.9. The molecular formula is C32H57NO7. The third-order valence-corrected chi connectivity index (χ3v) is 8.48. The Kier molecular flexibility index (Phi) is 17.4. The van der Waals surface area contributed by atoms with Crippen molar-refractivity contribution in [3.63, 3.8) is 0 Å². The normalized spacial score (nSPS) is 19.9. The Morgan fingerprint density at radius 1 is 0.925 bits per heavy atom. The fourth-order valence-electron chi connectivity index (χ4n) is 5.75. The molecule has 0 aromatic carbocycles. The van der Waals surface area contributed by atoms with Gasteiger partial charge in [-0.1, -0.05) is 66.9 Å². The van der Waals surface area contributed by atoms with Gasteiger partial charge in [-0.3, -0.25) is 14.4 Å². The van der Waals surface area contributed by atoms with Crippen LogP contribution in [0.3, 0.4) is 0 Å². The first-order valence-electron chi connectivity index (χ1n) is 15.3. The molecule has 1 rings (SSSR count). The van der Waals surface area contributed by atoms with Crippen molar-refractivity contribution in [2.45, 2.75) is 124 Å². The summed E-state index contributed by atoms with van der Waals surface area (Å²) in [5, 5.41) is 0. The summed E-state index contributed by atoms with van der Waals surface area (Å²) in [4.78, 5) is 37.4. The van der Waals surface area contributed by atoms with Crippen molar-refractivity contribution in [3.8, 4) is 0 Å². The van der Waals surface area contributed by atoms with Crippen LogP contribution < -0.4 is 0 Å². The third-order valence-electron chi connectivity index (χ3n) is 8.48. The molecule has 1 aliphatic rings. The second kappa shape index (κ2) is 19.2. The monoisotopic (exact) mass is 567 g/mol. The van der Waals surface area contributed by atoms with Gasteiger partial charge in [0.05, 0.1) is 18.1 Å². The molecule has 0 aromatic heterocycles. The molecule has 1 saturated carbocycles. The summed E-state index contributed by atoms with van der Waals surface area (Å²) in [6, 6.07) is 0. The van der Waals surface area contributed by atoms with Crippen LogP contribution in [-0.2, 0) is 33.3 Å². The van der Waals surface area contributed by atoms with Crippen LogP contribution in [0.1, 0.15) is 99.3 Å². The molecule has 8 heteroatoms. The summed E-state index contributed by atoms with van der Waals surface area (Å²) >= 11 is 0. The first-order valence-corrected chi connectivity index (χ1v) is 15.3. The molecule has 0 aliphatic heterocycles. The lowest BCUT2D eigenvalue weighted by Gasteiger charge is -2.35. The van der Waals surface area contributed by atoms with Crippen molar-refractivity contribution in [3.05, 3.63) is 12.3 Å². The predicted molar refractivity (Wildman–Crippen MR) is 157 cm³/mol. The second-order valence-corrected chi connectivity index (χ2v) is 12.0. The quantitative estimate of drug-likeness (QED) is 0.136. The third kappa shape index (κ3) is 12.3. The van der Waals surface area contributed by atoms with Crippen LogP contribution in [0.4, 0.5) is 0 Å². The lowest BCUT2D eigenvalue weighted by atomic mass is 9.81. The maximum absolute atomic E-state index is 12.7. The van der Waals surface area contributed by atoms with E-state index in [1.165, 1.54) is 24.2 Å². The number of hydrogen-bond donors (Lipinski definition) is 0. The predicted octanol–water partition coefficient (Wildman–Crippen LogP) is 6.17. The molecule has 0 aromatic rings. The summed E-state index contributed by atoms with van der Waals surface area (Å²) in [5.41, 5.74) is 0. The largest absolute Gasteiger partial charge is 0.462 e. The molecule has 0 heterocycles. The van der Waals surface area contributed by atoms with Crippen molar-refractivity contribution in [1.29, 1.82) is 0 Å². The Morgan fingerprint density at radius 3 is 2.10 bits per heavy atom. The SMILES string of the molecule is CCC(=O)O[C@@H](C[C@H](OC)[C@@H](C)CC[C@@H](OC(=O)C(C)C)[C@H](C)[C@H](OC)[C@H](C)/C=C/N(C)C=O)C1CCCCC1. The zero-order valence-corrected chi connectivity index (χ0v) is 26.6. The maximum atomic E-state index is 12.7. The summed E-state index contributed by atoms with van der Waals surface area (Å²) in [5.74, 6) is -0.148. The molecular weight excluding hydrogens is 510 g/mol. The molecule has 1 fully saturated rings. The second-order valence-electron chi connectivity index (χ2n) is 12.0. The van der Waals surface area contributed by atoms with E-state index in [4.69, 9.17) is 18.9 Å². The number of methoxy groups -OCH3 is 2. The first-order chi connectivity index (χ1) is 19.0. The fourth-order valence-corrected chi connectivity index (χ4v) is 5.75. The zero-order chi connectivity index (χ0) is 30.2. The number of nitrogens with zero attached hydrogens (tertiary/aromatic N) is 1. The molecule has 0 spiro atoms. The summed E-state index contributed by atoms with van der Waals surface area (Å²) < 4.78 is 23.8. The van der Waals surface area contributed by atoms with Gasteiger partial charge in [0.25, 0.3) is 0 Å². The van der Waals surface area contributed by atoms with Crippen LogP contribution in [0.5, 0.6) is 0 Å².